The molecule has 86 valence electrons. The Labute approximate surface area is 103 Å². The number of hydrogen-bond donors (Lipinski definition) is 2. The van der Waals surface area contributed by atoms with Crippen LogP contribution in [-0.2, 0) is 4.79 Å². The van der Waals surface area contributed by atoms with E-state index in [2.05, 4.69) is 31.5 Å². The Balaban J connectivity index is 1.94. The van der Waals surface area contributed by atoms with Gasteiger partial charge in [-0.2, -0.15) is 0 Å². The number of nitrogens with one attached hydrogen (secondary N) is 2. The summed E-state index contributed by atoms with van der Waals surface area (Å²) in [5, 5.41) is 5.99. The number of aromatic nitrogens is 1. The van der Waals surface area contributed by atoms with Crippen molar-refractivity contribution in [1.82, 2.24) is 10.3 Å². The number of amides is 1. The Morgan fingerprint density at radius 3 is 3.00 bits per heavy atom. The van der Waals surface area contributed by atoms with Gasteiger partial charge in [-0.3, -0.25) is 4.79 Å². The number of rotatable bonds is 3. The predicted molar refractivity (Wildman–Crippen MR) is 66.3 cm³/mol. The second kappa shape index (κ2) is 4.93. The van der Waals surface area contributed by atoms with Crippen molar-refractivity contribution in [3.8, 4) is 0 Å². The number of halogens is 1. The lowest BCUT2D eigenvalue weighted by Gasteiger charge is -2.26. The number of aryl methyl sites for hydroxylation is 1. The average Bonchev–Trinajstić information content (AvgIpc) is 2.16. The second-order valence-corrected chi connectivity index (χ2v) is 5.01. The minimum Gasteiger partial charge on any atom is -0.316 e. The van der Waals surface area contributed by atoms with Crippen molar-refractivity contribution in [3.63, 3.8) is 0 Å². The molecule has 2 rings (SSSR count). The summed E-state index contributed by atoms with van der Waals surface area (Å²) in [5.41, 5.74) is 0.967. The van der Waals surface area contributed by atoms with Crippen LogP contribution in [0.1, 0.15) is 12.0 Å². The van der Waals surface area contributed by atoms with E-state index in [9.17, 15) is 4.79 Å². The fraction of sp³-hybridized carbons (Fsp3) is 0.455. The van der Waals surface area contributed by atoms with Crippen molar-refractivity contribution in [2.24, 2.45) is 5.92 Å². The van der Waals surface area contributed by atoms with Crippen molar-refractivity contribution in [2.75, 3.05) is 18.4 Å². The molecule has 4 nitrogen and oxygen atoms in total. The van der Waals surface area contributed by atoms with E-state index >= 15 is 0 Å². The van der Waals surface area contributed by atoms with Gasteiger partial charge in [0.15, 0.2) is 0 Å². The third-order valence-electron chi connectivity index (χ3n) is 2.64. The number of pyridine rings is 1. The molecule has 0 radical (unpaired) electrons. The fourth-order valence-electron chi connectivity index (χ4n) is 1.61. The summed E-state index contributed by atoms with van der Waals surface area (Å²) < 4.78 is 0.922. The molecule has 2 heterocycles. The van der Waals surface area contributed by atoms with Gasteiger partial charge in [0.05, 0.1) is 0 Å². The van der Waals surface area contributed by atoms with Gasteiger partial charge in [0, 0.05) is 17.1 Å². The number of carbonyl (C=O) groups is 1. The van der Waals surface area contributed by atoms with Gasteiger partial charge in [0.2, 0.25) is 5.91 Å². The summed E-state index contributed by atoms with van der Waals surface area (Å²) in [6, 6.07) is 1.94. The van der Waals surface area contributed by atoms with E-state index in [-0.39, 0.29) is 5.91 Å². The van der Waals surface area contributed by atoms with Crippen LogP contribution in [0.15, 0.2) is 16.7 Å². The topological polar surface area (TPSA) is 54.0 Å². The molecule has 2 N–H and O–H groups in total. The maximum Gasteiger partial charge on any atom is 0.225 e. The van der Waals surface area contributed by atoms with Crippen LogP contribution in [0.2, 0.25) is 0 Å². The Morgan fingerprint density at radius 1 is 1.69 bits per heavy atom. The van der Waals surface area contributed by atoms with Crippen molar-refractivity contribution < 1.29 is 4.79 Å². The molecule has 0 aromatic carbocycles. The molecule has 0 aliphatic carbocycles. The third kappa shape index (κ3) is 2.80. The lowest BCUT2D eigenvalue weighted by Crippen LogP contribution is -2.43. The number of carbonyl (C=O) groups excluding carboxylic acids is 1. The predicted octanol–water partition coefficient (Wildman–Crippen LogP) is 1.70. The molecule has 0 bridgehead atoms. The number of nitrogens with zero attached hydrogens (tertiary/aromatic N) is 1. The highest BCUT2D eigenvalue weighted by Crippen LogP contribution is 2.17. The Kier molecular flexibility index (Phi) is 3.56. The first-order valence-corrected chi connectivity index (χ1v) is 6.07. The molecule has 1 amide bonds. The van der Waals surface area contributed by atoms with Crippen LogP contribution in [-0.4, -0.2) is 24.0 Å². The van der Waals surface area contributed by atoms with Gasteiger partial charge in [-0.25, -0.2) is 4.98 Å². The quantitative estimate of drug-likeness (QED) is 0.888. The van der Waals surface area contributed by atoms with Crippen LogP contribution in [0, 0.1) is 12.8 Å². The zero-order valence-electron chi connectivity index (χ0n) is 9.09. The summed E-state index contributed by atoms with van der Waals surface area (Å²) in [4.78, 5) is 15.8. The summed E-state index contributed by atoms with van der Waals surface area (Å²) in [7, 11) is 0. The van der Waals surface area contributed by atoms with E-state index in [1.165, 1.54) is 0 Å². The number of hydrogen-bond acceptors (Lipinski definition) is 3. The highest BCUT2D eigenvalue weighted by Gasteiger charge is 2.20. The van der Waals surface area contributed by atoms with E-state index in [1.807, 2.05) is 13.0 Å². The maximum absolute atomic E-state index is 11.7. The zero-order chi connectivity index (χ0) is 11.5. The van der Waals surface area contributed by atoms with E-state index in [0.717, 1.165) is 23.1 Å². The van der Waals surface area contributed by atoms with Crippen molar-refractivity contribution >= 4 is 27.7 Å². The molecule has 1 fully saturated rings. The molecule has 0 saturated carbocycles. The Hall–Kier alpha value is -0.940. The first-order valence-electron chi connectivity index (χ1n) is 5.28. The smallest absolute Gasteiger partial charge is 0.225 e. The molecule has 1 aromatic rings. The Bertz CT molecular complexity index is 404. The normalized spacial score (nSPS) is 15.6. The first kappa shape index (κ1) is 11.5. The fourth-order valence-corrected chi connectivity index (χ4v) is 2.06. The standard InChI is InChI=1S/C11H14BrN3O/c1-7-2-9(12)6-14-11(7)15-10(16)3-8-4-13-5-8/h2,6,8,13H,3-5H2,1H3,(H,14,15,16). The summed E-state index contributed by atoms with van der Waals surface area (Å²) >= 11 is 3.34. The molecule has 5 heteroatoms. The van der Waals surface area contributed by atoms with Crippen molar-refractivity contribution in [1.29, 1.82) is 0 Å². The largest absolute Gasteiger partial charge is 0.316 e. The molecule has 1 aromatic heterocycles. The van der Waals surface area contributed by atoms with Gasteiger partial charge in [-0.1, -0.05) is 0 Å². The van der Waals surface area contributed by atoms with Crippen LogP contribution >= 0.6 is 15.9 Å². The van der Waals surface area contributed by atoms with Crippen LogP contribution in [0.25, 0.3) is 0 Å². The first-order chi connectivity index (χ1) is 7.65. The van der Waals surface area contributed by atoms with Crippen LogP contribution in [0.4, 0.5) is 5.82 Å². The van der Waals surface area contributed by atoms with E-state index in [0.29, 0.717) is 18.2 Å². The zero-order valence-corrected chi connectivity index (χ0v) is 10.7. The van der Waals surface area contributed by atoms with Crippen LogP contribution < -0.4 is 10.6 Å². The molecule has 1 aliphatic rings. The minimum atomic E-state index is 0.0458. The number of anilines is 1. The molecule has 0 spiro atoms. The minimum absolute atomic E-state index is 0.0458. The van der Waals surface area contributed by atoms with Gasteiger partial charge < -0.3 is 10.6 Å². The Morgan fingerprint density at radius 2 is 2.44 bits per heavy atom. The van der Waals surface area contributed by atoms with Gasteiger partial charge in [0.1, 0.15) is 5.82 Å². The lowest BCUT2D eigenvalue weighted by atomic mass is 9.99. The summed E-state index contributed by atoms with van der Waals surface area (Å²) in [6.45, 7) is 3.82. The third-order valence-corrected chi connectivity index (χ3v) is 3.08. The van der Waals surface area contributed by atoms with Gasteiger partial charge in [-0.15, -0.1) is 0 Å². The van der Waals surface area contributed by atoms with Crippen molar-refractivity contribution in [2.45, 2.75) is 13.3 Å². The molecular formula is C11H14BrN3O. The van der Waals surface area contributed by atoms with E-state index in [1.54, 1.807) is 6.20 Å². The molecule has 16 heavy (non-hydrogen) atoms. The summed E-state index contributed by atoms with van der Waals surface area (Å²) in [5.74, 6) is 1.18. The highest BCUT2D eigenvalue weighted by molar-refractivity contribution is 9.10. The van der Waals surface area contributed by atoms with Crippen LogP contribution in [0.3, 0.4) is 0 Å². The summed E-state index contributed by atoms with van der Waals surface area (Å²) in [6.07, 6.45) is 2.26. The van der Waals surface area contributed by atoms with Gasteiger partial charge >= 0.3 is 0 Å². The average molecular weight is 284 g/mol. The second-order valence-electron chi connectivity index (χ2n) is 4.10. The molecule has 0 unspecified atom stereocenters. The monoisotopic (exact) mass is 283 g/mol. The van der Waals surface area contributed by atoms with E-state index in [4.69, 9.17) is 0 Å². The lowest BCUT2D eigenvalue weighted by molar-refractivity contribution is -0.117. The highest BCUT2D eigenvalue weighted by atomic mass is 79.9. The van der Waals surface area contributed by atoms with Crippen molar-refractivity contribution in [3.05, 3.63) is 22.3 Å². The van der Waals surface area contributed by atoms with E-state index < -0.39 is 0 Å². The molecule has 1 aliphatic heterocycles. The molecule has 0 atom stereocenters. The van der Waals surface area contributed by atoms with Gasteiger partial charge in [-0.05, 0) is 53.5 Å². The maximum atomic E-state index is 11.7. The van der Waals surface area contributed by atoms with Crippen LogP contribution in [0.5, 0.6) is 0 Å². The SMILES string of the molecule is Cc1cc(Br)cnc1NC(=O)CC1CNC1. The molecular weight excluding hydrogens is 270 g/mol. The van der Waals surface area contributed by atoms with Gasteiger partial charge in [0.25, 0.3) is 0 Å². The molecule has 1 saturated heterocycles.